The second-order valence-corrected chi connectivity index (χ2v) is 10.6. The van der Waals surface area contributed by atoms with Gasteiger partial charge in [0.25, 0.3) is 5.91 Å². The molecule has 0 saturated carbocycles. The second kappa shape index (κ2) is 9.21. The van der Waals surface area contributed by atoms with Gasteiger partial charge in [-0.3, -0.25) is 4.79 Å². The zero-order valence-electron chi connectivity index (χ0n) is 18.4. The van der Waals surface area contributed by atoms with Crippen molar-refractivity contribution in [2.24, 2.45) is 5.92 Å². The molecule has 1 saturated heterocycles. The van der Waals surface area contributed by atoms with Gasteiger partial charge in [0.2, 0.25) is 0 Å². The zero-order valence-corrected chi connectivity index (χ0v) is 19.2. The van der Waals surface area contributed by atoms with Gasteiger partial charge >= 0.3 is 5.97 Å². The third kappa shape index (κ3) is 5.33. The number of hydrogen-bond acceptors (Lipinski definition) is 6. The van der Waals surface area contributed by atoms with Crippen LogP contribution >= 0.6 is 0 Å². The number of esters is 1. The lowest BCUT2D eigenvalue weighted by Crippen LogP contribution is -2.45. The molecule has 1 aliphatic rings. The Hall–Kier alpha value is -2.68. The smallest absolute Gasteiger partial charge is 0.342 e. The summed E-state index contributed by atoms with van der Waals surface area (Å²) in [4.78, 5) is 27.2. The first-order valence-electron chi connectivity index (χ1n) is 10.4. The number of carbonyl (C=O) groups is 2. The molecule has 2 aromatic rings. The average Bonchev–Trinajstić information content (AvgIpc) is 3.22. The Balaban J connectivity index is 1.72. The first kappa shape index (κ1) is 23.0. The summed E-state index contributed by atoms with van der Waals surface area (Å²) in [7, 11) is -3.13. The van der Waals surface area contributed by atoms with E-state index < -0.39 is 22.4 Å². The molecule has 0 spiro atoms. The predicted molar refractivity (Wildman–Crippen MR) is 117 cm³/mol. The van der Waals surface area contributed by atoms with Crippen LogP contribution in [0.15, 0.2) is 30.3 Å². The summed E-state index contributed by atoms with van der Waals surface area (Å²) in [6, 6.07) is 9.07. The van der Waals surface area contributed by atoms with E-state index in [1.165, 1.54) is 0 Å². The molecule has 8 nitrogen and oxygen atoms in total. The van der Waals surface area contributed by atoms with E-state index >= 15 is 0 Å². The highest BCUT2D eigenvalue weighted by Crippen LogP contribution is 2.21. The maximum Gasteiger partial charge on any atom is 0.342 e. The van der Waals surface area contributed by atoms with Crippen molar-refractivity contribution in [3.63, 3.8) is 0 Å². The van der Waals surface area contributed by atoms with Crippen LogP contribution in [0.5, 0.6) is 0 Å². The van der Waals surface area contributed by atoms with Crippen LogP contribution in [0.25, 0.3) is 5.69 Å². The van der Waals surface area contributed by atoms with E-state index in [2.05, 4.69) is 5.10 Å². The molecule has 1 aromatic carbocycles. The molecule has 0 aliphatic carbocycles. The van der Waals surface area contributed by atoms with Crippen LogP contribution in [-0.4, -0.2) is 65.7 Å². The van der Waals surface area contributed by atoms with Crippen LogP contribution in [0.3, 0.4) is 0 Å². The van der Waals surface area contributed by atoms with Gasteiger partial charge in [0.05, 0.1) is 28.6 Å². The summed E-state index contributed by atoms with van der Waals surface area (Å²) < 4.78 is 30.7. The Morgan fingerprint density at radius 3 is 2.48 bits per heavy atom. The average molecular weight is 448 g/mol. The topological polar surface area (TPSA) is 98.6 Å². The Morgan fingerprint density at radius 2 is 1.90 bits per heavy atom. The summed E-state index contributed by atoms with van der Waals surface area (Å²) in [6.45, 7) is 7.40. The number of para-hydroxylation sites is 1. The van der Waals surface area contributed by atoms with Gasteiger partial charge in [0.15, 0.2) is 16.4 Å². The molecule has 3 rings (SSSR count). The van der Waals surface area contributed by atoms with Crippen LogP contribution < -0.4 is 0 Å². The third-order valence-corrected chi connectivity index (χ3v) is 7.10. The van der Waals surface area contributed by atoms with E-state index in [0.29, 0.717) is 29.9 Å². The summed E-state index contributed by atoms with van der Waals surface area (Å²) in [6.07, 6.45) is 0.413. The number of aryl methyl sites for hydroxylation is 1. The van der Waals surface area contributed by atoms with Crippen molar-refractivity contribution in [1.82, 2.24) is 14.7 Å². The number of sulfone groups is 1. The van der Waals surface area contributed by atoms with E-state index in [9.17, 15) is 18.0 Å². The molecular weight excluding hydrogens is 418 g/mol. The summed E-state index contributed by atoms with van der Waals surface area (Å²) >= 11 is 0. The number of amides is 1. The molecule has 0 bridgehead atoms. The lowest BCUT2D eigenvalue weighted by molar-refractivity contribution is -0.137. The largest absolute Gasteiger partial charge is 0.452 e. The van der Waals surface area contributed by atoms with Crippen molar-refractivity contribution in [3.8, 4) is 5.69 Å². The van der Waals surface area contributed by atoms with Crippen molar-refractivity contribution in [3.05, 3.63) is 47.3 Å². The molecule has 1 aliphatic heterocycles. The molecule has 168 valence electrons. The fraction of sp³-hybridized carbons (Fsp3) is 0.500. The zero-order chi connectivity index (χ0) is 22.8. The highest BCUT2D eigenvalue weighted by Gasteiger charge is 2.35. The molecule has 0 N–H and O–H groups in total. The van der Waals surface area contributed by atoms with E-state index in [0.717, 1.165) is 5.69 Å². The minimum absolute atomic E-state index is 0.0402. The lowest BCUT2D eigenvalue weighted by Gasteiger charge is -2.29. The lowest BCUT2D eigenvalue weighted by atomic mass is 10.1. The van der Waals surface area contributed by atoms with Crippen LogP contribution in [0, 0.1) is 19.8 Å². The van der Waals surface area contributed by atoms with Gasteiger partial charge in [-0.1, -0.05) is 32.0 Å². The number of benzene rings is 1. The molecule has 9 heteroatoms. The number of aromatic nitrogens is 2. The number of rotatable bonds is 7. The monoisotopic (exact) mass is 447 g/mol. The van der Waals surface area contributed by atoms with Crippen LogP contribution in [0.1, 0.15) is 42.0 Å². The Kier molecular flexibility index (Phi) is 6.83. The van der Waals surface area contributed by atoms with Gasteiger partial charge in [-0.2, -0.15) is 5.10 Å². The quantitative estimate of drug-likeness (QED) is 0.604. The van der Waals surface area contributed by atoms with Crippen LogP contribution in [0.2, 0.25) is 0 Å². The van der Waals surface area contributed by atoms with Gasteiger partial charge in [0, 0.05) is 12.6 Å². The molecule has 1 atom stereocenters. The molecule has 0 radical (unpaired) electrons. The molecule has 1 amide bonds. The van der Waals surface area contributed by atoms with Crippen molar-refractivity contribution < 1.29 is 22.7 Å². The standard InChI is InChI=1S/C22H29N3O5S/c1-15(2)12-24(19-10-11-31(28,29)14-19)20(26)13-30-22(27)21-16(3)23-25(17(21)4)18-8-6-5-7-9-18/h5-9,15,19H,10-14H2,1-4H3/t19-/m1/s1. The molecule has 2 heterocycles. The Morgan fingerprint density at radius 1 is 1.23 bits per heavy atom. The maximum atomic E-state index is 12.8. The Bertz CT molecular complexity index is 1060. The van der Waals surface area contributed by atoms with Crippen LogP contribution in [-0.2, 0) is 19.4 Å². The predicted octanol–water partition coefficient (Wildman–Crippen LogP) is 2.32. The number of ether oxygens (including phenoxy) is 1. The van der Waals surface area contributed by atoms with Crippen molar-refractivity contribution in [2.75, 3.05) is 24.7 Å². The SMILES string of the molecule is Cc1nn(-c2ccccc2)c(C)c1C(=O)OCC(=O)N(CC(C)C)[C@@H]1CCS(=O)(=O)C1. The van der Waals surface area contributed by atoms with Gasteiger partial charge in [-0.05, 0) is 38.3 Å². The van der Waals surface area contributed by atoms with Crippen LogP contribution in [0.4, 0.5) is 0 Å². The molecular formula is C22H29N3O5S. The highest BCUT2D eigenvalue weighted by atomic mass is 32.2. The fourth-order valence-corrected chi connectivity index (χ4v) is 5.64. The van der Waals surface area contributed by atoms with Gasteiger partial charge in [-0.15, -0.1) is 0 Å². The van der Waals surface area contributed by atoms with E-state index in [-0.39, 0.29) is 29.4 Å². The van der Waals surface area contributed by atoms with Gasteiger partial charge in [0.1, 0.15) is 5.56 Å². The van der Waals surface area contributed by atoms with Crippen molar-refractivity contribution in [1.29, 1.82) is 0 Å². The molecule has 0 unspecified atom stereocenters. The first-order chi connectivity index (χ1) is 14.6. The maximum absolute atomic E-state index is 12.8. The summed E-state index contributed by atoms with van der Waals surface area (Å²) in [5.74, 6) is -0.793. The number of nitrogens with zero attached hydrogens (tertiary/aromatic N) is 3. The Labute approximate surface area is 183 Å². The van der Waals surface area contributed by atoms with Gasteiger partial charge < -0.3 is 9.64 Å². The molecule has 31 heavy (non-hydrogen) atoms. The molecule has 1 fully saturated rings. The third-order valence-electron chi connectivity index (χ3n) is 5.35. The normalized spacial score (nSPS) is 17.6. The second-order valence-electron chi connectivity index (χ2n) is 8.37. The van der Waals surface area contributed by atoms with E-state index in [4.69, 9.17) is 4.74 Å². The number of hydrogen-bond donors (Lipinski definition) is 0. The first-order valence-corrected chi connectivity index (χ1v) is 12.2. The van der Waals surface area contributed by atoms with Gasteiger partial charge in [-0.25, -0.2) is 17.9 Å². The molecule has 1 aromatic heterocycles. The summed E-state index contributed by atoms with van der Waals surface area (Å²) in [5, 5.41) is 4.44. The minimum Gasteiger partial charge on any atom is -0.452 e. The highest BCUT2D eigenvalue weighted by molar-refractivity contribution is 7.91. The van der Waals surface area contributed by atoms with Crippen molar-refractivity contribution in [2.45, 2.75) is 40.2 Å². The van der Waals surface area contributed by atoms with E-state index in [1.807, 2.05) is 44.2 Å². The van der Waals surface area contributed by atoms with Crippen molar-refractivity contribution >= 4 is 21.7 Å². The minimum atomic E-state index is -3.13. The fourth-order valence-electron chi connectivity index (χ4n) is 3.91. The summed E-state index contributed by atoms with van der Waals surface area (Å²) in [5.41, 5.74) is 2.29. The number of carbonyl (C=O) groups excluding carboxylic acids is 2. The van der Waals surface area contributed by atoms with E-state index in [1.54, 1.807) is 23.4 Å².